The molecule has 4 heterocycles. The third-order valence-corrected chi connectivity index (χ3v) is 12.4. The number of aryl methyl sites for hydroxylation is 1. The van der Waals surface area contributed by atoms with Gasteiger partial charge in [-0.25, -0.2) is 0 Å². The van der Waals surface area contributed by atoms with Gasteiger partial charge in [-0.15, -0.1) is 5.10 Å². The monoisotopic (exact) mass is 686 g/mol. The summed E-state index contributed by atoms with van der Waals surface area (Å²) in [7, 11) is -3.37. The summed E-state index contributed by atoms with van der Waals surface area (Å²) >= 11 is 6.54. The van der Waals surface area contributed by atoms with Gasteiger partial charge in [0, 0.05) is 53.2 Å². The zero-order valence-corrected chi connectivity index (χ0v) is 28.6. The summed E-state index contributed by atoms with van der Waals surface area (Å²) in [6, 6.07) is 20.0. The molecular weight excluding hydrogens is 651 g/mol. The summed E-state index contributed by atoms with van der Waals surface area (Å²) in [5.41, 5.74) is 1.17. The lowest BCUT2D eigenvalue weighted by Gasteiger charge is -2.31. The molecule has 1 spiro atoms. The maximum Gasteiger partial charge on any atom is 0.279 e. The fraction of sp³-hybridized carbons (Fsp3) is 0.343. The number of aromatic nitrogens is 5. The van der Waals surface area contributed by atoms with Crippen molar-refractivity contribution in [2.24, 2.45) is 5.92 Å². The van der Waals surface area contributed by atoms with Crippen molar-refractivity contribution >= 4 is 42.4 Å². The number of fused-ring (bicyclic) bond motifs is 3. The molecule has 4 atom stereocenters. The minimum absolute atomic E-state index is 0.0299. The number of aliphatic hydroxyl groups excluding tert-OH is 1. The number of hydrogen-bond donors (Lipinski definition) is 1. The van der Waals surface area contributed by atoms with Crippen LogP contribution in [0.2, 0.25) is 23.7 Å². The first-order valence-electron chi connectivity index (χ1n) is 16.1. The fourth-order valence-corrected chi connectivity index (χ4v) is 10.3. The van der Waals surface area contributed by atoms with Crippen LogP contribution in [-0.2, 0) is 34.6 Å². The zero-order valence-electron chi connectivity index (χ0n) is 26.9. The molecule has 1 fully saturated rings. The van der Waals surface area contributed by atoms with E-state index in [0.29, 0.717) is 52.4 Å². The largest absolute Gasteiger partial charge is 0.396 e. The SMILES string of the molecule is C[C@@H]1[C@@H]([Si](C)(C)F)[C@H](CCn2cc(CCO)nn2)O[C@@]12C(=O)N(Cc1cccc(-n3ncc4ccccc4c3=O)c1)c1ccc(Cl)cc12. The normalized spacial score (nSPS) is 22.2. The molecule has 7 rings (SSSR count). The van der Waals surface area contributed by atoms with Crippen molar-refractivity contribution < 1.29 is 18.7 Å². The Hall–Kier alpha value is -4.23. The second-order valence-corrected chi connectivity index (χ2v) is 17.4. The number of anilines is 1. The Morgan fingerprint density at radius 2 is 1.90 bits per heavy atom. The summed E-state index contributed by atoms with van der Waals surface area (Å²) < 4.78 is 26.1. The van der Waals surface area contributed by atoms with E-state index in [1.165, 1.54) is 4.68 Å². The standard InChI is InChI=1S/C35H36ClFN6O4Si/c1-22-32(48(2,3)37)31(13-15-41-21-26(14-16-44)39-40-41)47-35(22)29-18-25(36)11-12-30(29)42(34(35)46)20-23-7-6-9-27(17-23)43-33(45)28-10-5-4-8-24(28)19-38-43/h4-12,17-19,21-22,31-32,44H,13-16,20H2,1-3H3/t22-,31+,32-,35+/m1/s1. The van der Waals surface area contributed by atoms with Crippen molar-refractivity contribution in [3.8, 4) is 5.69 Å². The lowest BCUT2D eigenvalue weighted by atomic mass is 9.82. The number of nitrogens with zero attached hydrogens (tertiary/aromatic N) is 6. The van der Waals surface area contributed by atoms with Crippen molar-refractivity contribution in [1.29, 1.82) is 0 Å². The molecule has 1 amide bonds. The molecule has 48 heavy (non-hydrogen) atoms. The number of aliphatic hydroxyl groups is 1. The highest BCUT2D eigenvalue weighted by Gasteiger charge is 2.66. The summed E-state index contributed by atoms with van der Waals surface area (Å²) in [4.78, 5) is 29.8. The quantitative estimate of drug-likeness (QED) is 0.159. The predicted octanol–water partition coefficient (Wildman–Crippen LogP) is 5.58. The number of rotatable bonds is 9. The summed E-state index contributed by atoms with van der Waals surface area (Å²) in [6.45, 7) is 5.84. The highest BCUT2D eigenvalue weighted by molar-refractivity contribution is 6.72. The molecule has 1 saturated heterocycles. The van der Waals surface area contributed by atoms with Gasteiger partial charge in [-0.1, -0.05) is 54.1 Å². The van der Waals surface area contributed by atoms with Gasteiger partial charge in [0.2, 0.25) is 8.41 Å². The van der Waals surface area contributed by atoms with Crippen molar-refractivity contribution in [1.82, 2.24) is 24.8 Å². The van der Waals surface area contributed by atoms with E-state index in [-0.39, 0.29) is 24.6 Å². The van der Waals surface area contributed by atoms with Crippen molar-refractivity contribution in [2.45, 2.75) is 63.2 Å². The minimum Gasteiger partial charge on any atom is -0.396 e. The van der Waals surface area contributed by atoms with Crippen molar-refractivity contribution in [2.75, 3.05) is 11.5 Å². The Kier molecular flexibility index (Phi) is 8.31. The Balaban J connectivity index is 1.22. The molecule has 1 N–H and O–H groups in total. The molecule has 0 saturated carbocycles. The number of carbonyl (C=O) groups excluding carboxylic acids is 1. The molecule has 0 bridgehead atoms. The Morgan fingerprint density at radius 3 is 2.69 bits per heavy atom. The second kappa shape index (κ2) is 12.3. The number of amides is 1. The van der Waals surface area contributed by atoms with Crippen LogP contribution in [0, 0.1) is 5.92 Å². The molecule has 0 aliphatic carbocycles. The van der Waals surface area contributed by atoms with E-state index in [0.717, 1.165) is 10.9 Å². The van der Waals surface area contributed by atoms with Crippen LogP contribution in [-0.4, -0.2) is 56.9 Å². The molecule has 2 aliphatic heterocycles. The van der Waals surface area contributed by atoms with Gasteiger partial charge in [-0.3, -0.25) is 14.3 Å². The molecule has 0 unspecified atom stereocenters. The Labute approximate surface area is 282 Å². The first kappa shape index (κ1) is 32.3. The van der Waals surface area contributed by atoms with Crippen LogP contribution in [0.1, 0.15) is 30.2 Å². The van der Waals surface area contributed by atoms with Crippen molar-refractivity contribution in [3.63, 3.8) is 0 Å². The average molecular weight is 687 g/mol. The summed E-state index contributed by atoms with van der Waals surface area (Å²) in [5.74, 6) is -0.744. The topological polar surface area (TPSA) is 115 Å². The first-order chi connectivity index (χ1) is 23.0. The smallest absolute Gasteiger partial charge is 0.279 e. The molecule has 2 aliphatic rings. The van der Waals surface area contributed by atoms with Gasteiger partial charge in [0.15, 0.2) is 5.60 Å². The lowest BCUT2D eigenvalue weighted by Crippen LogP contribution is -2.45. The van der Waals surface area contributed by atoms with Gasteiger partial charge < -0.3 is 18.9 Å². The highest BCUT2D eigenvalue weighted by Crippen LogP contribution is 2.60. The maximum absolute atomic E-state index is 16.2. The number of benzene rings is 3. The van der Waals surface area contributed by atoms with E-state index in [9.17, 15) is 14.7 Å². The summed E-state index contributed by atoms with van der Waals surface area (Å²) in [6.07, 6.45) is 3.70. The van der Waals surface area contributed by atoms with Crippen LogP contribution >= 0.6 is 11.6 Å². The third-order valence-electron chi connectivity index (χ3n) is 9.71. The van der Waals surface area contributed by atoms with E-state index in [2.05, 4.69) is 15.4 Å². The van der Waals surface area contributed by atoms with Crippen molar-refractivity contribution in [3.05, 3.63) is 111 Å². The molecule has 5 aromatic rings. The van der Waals surface area contributed by atoms with Crippen LogP contribution in [0.3, 0.4) is 0 Å². The molecule has 0 radical (unpaired) electrons. The fourth-order valence-electron chi connectivity index (χ4n) is 7.63. The van der Waals surface area contributed by atoms with Crippen LogP contribution in [0.15, 0.2) is 83.9 Å². The van der Waals surface area contributed by atoms with Gasteiger partial charge in [-0.2, -0.15) is 9.78 Å². The van der Waals surface area contributed by atoms with Gasteiger partial charge in [0.05, 0.1) is 41.3 Å². The Bertz CT molecular complexity index is 2080. The minimum atomic E-state index is -3.37. The number of ether oxygens (including phenoxy) is 1. The second-order valence-electron chi connectivity index (χ2n) is 13.2. The Morgan fingerprint density at radius 1 is 1.08 bits per heavy atom. The van der Waals surface area contributed by atoms with Crippen LogP contribution in [0.25, 0.3) is 16.5 Å². The molecule has 3 aromatic carbocycles. The average Bonchev–Trinajstić information content (AvgIpc) is 3.70. The number of carbonyl (C=O) groups is 1. The maximum atomic E-state index is 16.2. The van der Waals surface area contributed by atoms with Crippen LogP contribution in [0.5, 0.6) is 0 Å². The summed E-state index contributed by atoms with van der Waals surface area (Å²) in [5, 5.41) is 23.7. The van der Waals surface area contributed by atoms with E-state index in [1.807, 2.05) is 49.4 Å². The molecule has 248 valence electrons. The van der Waals surface area contributed by atoms with Gasteiger partial charge in [0.25, 0.3) is 11.5 Å². The highest BCUT2D eigenvalue weighted by atomic mass is 35.5. The predicted molar refractivity (Wildman–Crippen MR) is 183 cm³/mol. The van der Waals surface area contributed by atoms with Gasteiger partial charge in [-0.05, 0) is 61.5 Å². The first-order valence-corrected chi connectivity index (χ1v) is 19.4. The van der Waals surface area contributed by atoms with E-state index in [1.54, 1.807) is 59.3 Å². The third kappa shape index (κ3) is 5.46. The van der Waals surface area contributed by atoms with E-state index in [4.69, 9.17) is 16.3 Å². The number of halogens is 2. The van der Waals surface area contributed by atoms with Gasteiger partial charge >= 0.3 is 0 Å². The van der Waals surface area contributed by atoms with Crippen LogP contribution in [0.4, 0.5) is 9.80 Å². The molecule has 13 heteroatoms. The van der Waals surface area contributed by atoms with Gasteiger partial charge in [0.1, 0.15) is 0 Å². The molecule has 10 nitrogen and oxygen atoms in total. The van der Waals surface area contributed by atoms with E-state index < -0.39 is 31.6 Å². The van der Waals surface area contributed by atoms with Crippen LogP contribution < -0.4 is 10.5 Å². The lowest BCUT2D eigenvalue weighted by molar-refractivity contribution is -0.146. The molecular formula is C35H36ClFN6O4Si. The zero-order chi connectivity index (χ0) is 33.8. The molecule has 2 aromatic heterocycles. The van der Waals surface area contributed by atoms with E-state index >= 15 is 4.11 Å². The number of hydrogen-bond acceptors (Lipinski definition) is 7.